The van der Waals surface area contributed by atoms with E-state index in [-0.39, 0.29) is 11.9 Å². The molecule has 0 fully saturated rings. The first-order valence-electron chi connectivity index (χ1n) is 5.69. The molecule has 1 amide bonds. The Bertz CT molecular complexity index is 332. The Labute approximate surface area is 97.0 Å². The number of nitrogens with two attached hydrogens (primary N) is 1. The van der Waals surface area contributed by atoms with E-state index < -0.39 is 0 Å². The number of carbonyl (C=O) groups is 1. The van der Waals surface area contributed by atoms with E-state index in [9.17, 15) is 4.79 Å². The molecule has 0 aliphatic rings. The number of amides is 1. The summed E-state index contributed by atoms with van der Waals surface area (Å²) < 4.78 is 0. The van der Waals surface area contributed by atoms with Crippen LogP contribution in [0.25, 0.3) is 0 Å². The van der Waals surface area contributed by atoms with Crippen LogP contribution in [0.1, 0.15) is 30.9 Å². The lowest BCUT2D eigenvalue weighted by atomic mass is 10.1. The van der Waals surface area contributed by atoms with Crippen molar-refractivity contribution in [1.82, 2.24) is 5.32 Å². The lowest BCUT2D eigenvalue weighted by Gasteiger charge is -2.09. The summed E-state index contributed by atoms with van der Waals surface area (Å²) in [5.74, 6) is 0.0231. The van der Waals surface area contributed by atoms with Gasteiger partial charge in [0, 0.05) is 19.0 Å². The Morgan fingerprint density at radius 3 is 2.56 bits per heavy atom. The summed E-state index contributed by atoms with van der Waals surface area (Å²) in [6.45, 7) is 4.61. The van der Waals surface area contributed by atoms with Crippen molar-refractivity contribution in [2.45, 2.75) is 39.3 Å². The van der Waals surface area contributed by atoms with Crippen molar-refractivity contribution in [3.63, 3.8) is 0 Å². The summed E-state index contributed by atoms with van der Waals surface area (Å²) in [7, 11) is 0. The summed E-state index contributed by atoms with van der Waals surface area (Å²) >= 11 is 0. The number of rotatable bonds is 5. The summed E-state index contributed by atoms with van der Waals surface area (Å²) in [6, 6.07) is 8.10. The molecule has 1 aromatic carbocycles. The van der Waals surface area contributed by atoms with Gasteiger partial charge in [0.05, 0.1) is 0 Å². The highest BCUT2D eigenvalue weighted by Gasteiger charge is 2.06. The third-order valence-electron chi connectivity index (χ3n) is 2.58. The van der Waals surface area contributed by atoms with Gasteiger partial charge in [-0.05, 0) is 18.9 Å². The van der Waals surface area contributed by atoms with Crippen LogP contribution in [0.3, 0.4) is 0 Å². The maximum atomic E-state index is 11.5. The van der Waals surface area contributed by atoms with Crippen molar-refractivity contribution >= 4 is 5.91 Å². The molecule has 0 aromatic heterocycles. The molecule has 3 heteroatoms. The van der Waals surface area contributed by atoms with E-state index in [1.807, 2.05) is 38.1 Å². The zero-order valence-corrected chi connectivity index (χ0v) is 9.99. The third-order valence-corrected chi connectivity index (χ3v) is 2.58. The van der Waals surface area contributed by atoms with Gasteiger partial charge in [0.1, 0.15) is 0 Å². The average Bonchev–Trinajstić information content (AvgIpc) is 2.28. The van der Waals surface area contributed by atoms with Crippen molar-refractivity contribution in [2.75, 3.05) is 0 Å². The Balaban J connectivity index is 2.34. The van der Waals surface area contributed by atoms with Crippen LogP contribution in [-0.2, 0) is 11.3 Å². The number of hydrogen-bond acceptors (Lipinski definition) is 2. The van der Waals surface area contributed by atoms with Gasteiger partial charge in [-0.15, -0.1) is 0 Å². The molecule has 3 N–H and O–H groups in total. The second-order valence-corrected chi connectivity index (χ2v) is 4.13. The first-order valence-corrected chi connectivity index (χ1v) is 5.69. The molecule has 0 heterocycles. The monoisotopic (exact) mass is 220 g/mol. The van der Waals surface area contributed by atoms with Gasteiger partial charge >= 0.3 is 0 Å². The second kappa shape index (κ2) is 6.28. The molecule has 1 atom stereocenters. The number of carbonyl (C=O) groups excluding carboxylic acids is 1. The maximum absolute atomic E-state index is 11.5. The van der Waals surface area contributed by atoms with Crippen LogP contribution in [0.4, 0.5) is 0 Å². The van der Waals surface area contributed by atoms with Gasteiger partial charge in [0.15, 0.2) is 0 Å². The molecule has 1 rings (SSSR count). The fourth-order valence-corrected chi connectivity index (χ4v) is 1.36. The second-order valence-electron chi connectivity index (χ2n) is 4.13. The Morgan fingerprint density at radius 2 is 2.00 bits per heavy atom. The Kier molecular flexibility index (Phi) is 4.99. The lowest BCUT2D eigenvalue weighted by molar-refractivity contribution is -0.121. The van der Waals surface area contributed by atoms with E-state index in [0.29, 0.717) is 13.0 Å². The summed E-state index contributed by atoms with van der Waals surface area (Å²) in [5, 5.41) is 2.86. The molecule has 16 heavy (non-hydrogen) atoms. The fraction of sp³-hybridized carbons (Fsp3) is 0.462. The van der Waals surface area contributed by atoms with Gasteiger partial charge in [0.2, 0.25) is 5.91 Å². The zero-order valence-electron chi connectivity index (χ0n) is 9.99. The highest BCUT2D eigenvalue weighted by atomic mass is 16.1. The van der Waals surface area contributed by atoms with Crippen molar-refractivity contribution in [3.05, 3.63) is 35.4 Å². The maximum Gasteiger partial charge on any atom is 0.221 e. The van der Waals surface area contributed by atoms with Crippen LogP contribution < -0.4 is 11.1 Å². The van der Waals surface area contributed by atoms with Crippen LogP contribution in [0, 0.1) is 6.92 Å². The molecule has 88 valence electrons. The first kappa shape index (κ1) is 12.7. The Hall–Kier alpha value is -1.35. The molecular weight excluding hydrogens is 200 g/mol. The first-order chi connectivity index (χ1) is 7.61. The van der Waals surface area contributed by atoms with Crippen LogP contribution in [0.2, 0.25) is 0 Å². The van der Waals surface area contributed by atoms with Crippen molar-refractivity contribution in [3.8, 4) is 0 Å². The normalized spacial score (nSPS) is 12.2. The zero-order chi connectivity index (χ0) is 12.0. The van der Waals surface area contributed by atoms with Crippen molar-refractivity contribution < 1.29 is 4.79 Å². The fourth-order valence-electron chi connectivity index (χ4n) is 1.36. The molecule has 1 unspecified atom stereocenters. The van der Waals surface area contributed by atoms with E-state index in [1.54, 1.807) is 0 Å². The highest BCUT2D eigenvalue weighted by molar-refractivity contribution is 5.76. The molecule has 0 radical (unpaired) electrons. The van der Waals surface area contributed by atoms with Crippen LogP contribution in [0.5, 0.6) is 0 Å². The third kappa shape index (κ3) is 4.45. The minimum Gasteiger partial charge on any atom is -0.352 e. The van der Waals surface area contributed by atoms with E-state index in [4.69, 9.17) is 5.73 Å². The van der Waals surface area contributed by atoms with Gasteiger partial charge < -0.3 is 11.1 Å². The molecule has 0 aliphatic heterocycles. The molecule has 0 saturated carbocycles. The van der Waals surface area contributed by atoms with Gasteiger partial charge in [-0.1, -0.05) is 36.8 Å². The molecule has 0 spiro atoms. The van der Waals surface area contributed by atoms with E-state index in [0.717, 1.165) is 12.0 Å². The largest absolute Gasteiger partial charge is 0.352 e. The predicted molar refractivity (Wildman–Crippen MR) is 65.9 cm³/mol. The molecule has 0 bridgehead atoms. The number of benzene rings is 1. The predicted octanol–water partition coefficient (Wildman–Crippen LogP) is 1.74. The molecular formula is C13H20N2O. The quantitative estimate of drug-likeness (QED) is 0.794. The van der Waals surface area contributed by atoms with Gasteiger partial charge in [0.25, 0.3) is 0 Å². The summed E-state index contributed by atoms with van der Waals surface area (Å²) in [4.78, 5) is 11.5. The summed E-state index contributed by atoms with van der Waals surface area (Å²) in [6.07, 6.45) is 1.24. The number of nitrogens with one attached hydrogen (secondary N) is 1. The van der Waals surface area contributed by atoms with Crippen LogP contribution in [-0.4, -0.2) is 11.9 Å². The van der Waals surface area contributed by atoms with Gasteiger partial charge in [-0.2, -0.15) is 0 Å². The Morgan fingerprint density at radius 1 is 1.38 bits per heavy atom. The molecule has 0 saturated heterocycles. The highest BCUT2D eigenvalue weighted by Crippen LogP contribution is 2.02. The molecule has 0 aliphatic carbocycles. The van der Waals surface area contributed by atoms with Crippen LogP contribution >= 0.6 is 0 Å². The molecule has 3 nitrogen and oxygen atoms in total. The minimum absolute atomic E-state index is 0.0231. The van der Waals surface area contributed by atoms with Crippen molar-refractivity contribution in [1.29, 1.82) is 0 Å². The SMILES string of the molecule is CCC(N)CC(=O)NCc1ccc(C)cc1. The van der Waals surface area contributed by atoms with Gasteiger partial charge in [-0.25, -0.2) is 0 Å². The average molecular weight is 220 g/mol. The van der Waals surface area contributed by atoms with E-state index in [1.165, 1.54) is 5.56 Å². The topological polar surface area (TPSA) is 55.1 Å². The van der Waals surface area contributed by atoms with E-state index in [2.05, 4.69) is 5.32 Å². The van der Waals surface area contributed by atoms with E-state index >= 15 is 0 Å². The standard InChI is InChI=1S/C13H20N2O/c1-3-12(14)8-13(16)15-9-11-6-4-10(2)5-7-11/h4-7,12H,3,8-9,14H2,1-2H3,(H,15,16). The lowest BCUT2D eigenvalue weighted by Crippen LogP contribution is -2.30. The van der Waals surface area contributed by atoms with Crippen LogP contribution in [0.15, 0.2) is 24.3 Å². The smallest absolute Gasteiger partial charge is 0.221 e. The molecule has 1 aromatic rings. The minimum atomic E-state index is -0.0296. The summed E-state index contributed by atoms with van der Waals surface area (Å²) in [5.41, 5.74) is 8.04. The number of hydrogen-bond donors (Lipinski definition) is 2. The number of aryl methyl sites for hydroxylation is 1. The van der Waals surface area contributed by atoms with Crippen molar-refractivity contribution in [2.24, 2.45) is 5.73 Å². The van der Waals surface area contributed by atoms with Gasteiger partial charge in [-0.3, -0.25) is 4.79 Å².